The van der Waals surface area contributed by atoms with Crippen molar-refractivity contribution in [2.45, 2.75) is 25.0 Å². The quantitative estimate of drug-likeness (QED) is 0.196. The number of imidazole rings is 1. The van der Waals surface area contributed by atoms with Crippen molar-refractivity contribution in [2.75, 3.05) is 6.61 Å². The Morgan fingerprint density at radius 1 is 1.14 bits per heavy atom. The Hall–Kier alpha value is -3.28. The zero-order valence-electron chi connectivity index (χ0n) is 19.7. The highest BCUT2D eigenvalue weighted by molar-refractivity contribution is 14.1. The number of H-pyrrole nitrogens is 2. The number of aliphatic hydroxyl groups is 1. The van der Waals surface area contributed by atoms with Crippen molar-refractivity contribution in [3.05, 3.63) is 99.0 Å². The van der Waals surface area contributed by atoms with E-state index in [4.69, 9.17) is 9.47 Å². The second-order valence-corrected chi connectivity index (χ2v) is 10.4. The van der Waals surface area contributed by atoms with Gasteiger partial charge in [0.1, 0.15) is 23.0 Å². The average molecular weight is 613 g/mol. The molecule has 0 amide bonds. The highest BCUT2D eigenvalue weighted by Crippen LogP contribution is 2.43. The van der Waals surface area contributed by atoms with E-state index in [0.29, 0.717) is 23.2 Å². The molecule has 2 unspecified atom stereocenters. The Morgan fingerprint density at radius 3 is 2.78 bits per heavy atom. The first kappa shape index (κ1) is 24.1. The fraction of sp³-hybridized carbons (Fsp3) is 0.179. The summed E-state index contributed by atoms with van der Waals surface area (Å²) in [5, 5.41) is 11.2. The van der Waals surface area contributed by atoms with E-state index in [1.807, 2.05) is 30.3 Å². The maximum Gasteiger partial charge on any atom is 0.168 e. The molecular formula is C28H22F2IN3O3. The van der Waals surface area contributed by atoms with E-state index in [9.17, 15) is 13.9 Å². The lowest BCUT2D eigenvalue weighted by Crippen LogP contribution is -2.27. The van der Waals surface area contributed by atoms with E-state index in [1.54, 1.807) is 19.3 Å². The predicted molar refractivity (Wildman–Crippen MR) is 144 cm³/mol. The Kier molecular flexibility index (Phi) is 6.01. The van der Waals surface area contributed by atoms with Crippen LogP contribution < -0.4 is 4.74 Å². The lowest BCUT2D eigenvalue weighted by molar-refractivity contribution is 0.0271. The van der Waals surface area contributed by atoms with Crippen LogP contribution in [0.3, 0.4) is 0 Å². The number of benzene rings is 3. The van der Waals surface area contributed by atoms with Gasteiger partial charge in [-0.2, -0.15) is 0 Å². The van der Waals surface area contributed by atoms with Gasteiger partial charge in [-0.3, -0.25) is 0 Å². The summed E-state index contributed by atoms with van der Waals surface area (Å²) < 4.78 is 42.8. The molecule has 1 aliphatic rings. The van der Waals surface area contributed by atoms with Gasteiger partial charge in [-0.05, 0) is 71.5 Å². The van der Waals surface area contributed by atoms with Crippen LogP contribution >= 0.6 is 22.6 Å². The first-order chi connectivity index (χ1) is 17.8. The number of aromatic amines is 2. The fourth-order valence-electron chi connectivity index (χ4n) is 4.95. The summed E-state index contributed by atoms with van der Waals surface area (Å²) in [5.41, 5.74) is 2.01. The van der Waals surface area contributed by atoms with E-state index in [1.165, 1.54) is 24.3 Å². The van der Waals surface area contributed by atoms with Crippen LogP contribution in [0.2, 0.25) is 0 Å². The molecule has 0 aliphatic carbocycles. The molecule has 1 aliphatic heterocycles. The summed E-state index contributed by atoms with van der Waals surface area (Å²) in [6, 6.07) is 15.3. The van der Waals surface area contributed by atoms with Crippen molar-refractivity contribution in [3.8, 4) is 22.9 Å². The van der Waals surface area contributed by atoms with Crippen molar-refractivity contribution in [1.29, 1.82) is 0 Å². The highest BCUT2D eigenvalue weighted by atomic mass is 127. The van der Waals surface area contributed by atoms with Crippen molar-refractivity contribution in [3.63, 3.8) is 0 Å². The number of aliphatic hydroxyl groups excluding tert-OH is 1. The van der Waals surface area contributed by atoms with Crippen LogP contribution in [0, 0.1) is 22.1 Å². The van der Waals surface area contributed by atoms with Gasteiger partial charge in [-0.25, -0.2) is 13.8 Å². The number of fused-ring (bicyclic) bond motifs is 1. The summed E-state index contributed by atoms with van der Waals surface area (Å²) in [6.45, 7) is 1.95. The minimum absolute atomic E-state index is 0.0794. The maximum atomic E-state index is 15.0. The molecule has 3 N–H and O–H groups in total. The Morgan fingerprint density at radius 2 is 2.00 bits per heavy atom. The second kappa shape index (κ2) is 9.23. The number of rotatable bonds is 5. The van der Waals surface area contributed by atoms with E-state index in [2.05, 4.69) is 37.5 Å². The summed E-state index contributed by atoms with van der Waals surface area (Å²) in [6.07, 6.45) is 3.03. The topological polar surface area (TPSA) is 83.2 Å². The molecule has 3 aromatic carbocycles. The predicted octanol–water partition coefficient (Wildman–Crippen LogP) is 6.57. The normalized spacial score (nSPS) is 19.5. The van der Waals surface area contributed by atoms with Gasteiger partial charge in [0.15, 0.2) is 11.6 Å². The van der Waals surface area contributed by atoms with Gasteiger partial charge < -0.3 is 24.5 Å². The number of hydrogen-bond donors (Lipinski definition) is 3. The molecule has 5 aromatic rings. The van der Waals surface area contributed by atoms with Crippen LogP contribution in [0.25, 0.3) is 22.3 Å². The van der Waals surface area contributed by atoms with Crippen LogP contribution in [0.1, 0.15) is 23.2 Å². The van der Waals surface area contributed by atoms with E-state index < -0.39 is 23.3 Å². The molecule has 0 radical (unpaired) electrons. The number of aromatic nitrogens is 3. The molecule has 1 fully saturated rings. The van der Waals surface area contributed by atoms with Crippen LogP contribution in [0.4, 0.5) is 8.78 Å². The fourth-order valence-corrected chi connectivity index (χ4v) is 5.49. The molecular weight excluding hydrogens is 591 g/mol. The molecule has 188 valence electrons. The first-order valence-corrected chi connectivity index (χ1v) is 12.8. The molecule has 9 heteroatoms. The van der Waals surface area contributed by atoms with Gasteiger partial charge in [0.25, 0.3) is 0 Å². The zero-order chi connectivity index (χ0) is 25.7. The summed E-state index contributed by atoms with van der Waals surface area (Å²) in [4.78, 5) is 10.6. The molecule has 3 heterocycles. The summed E-state index contributed by atoms with van der Waals surface area (Å²) in [7, 11) is 0. The number of aryl methyl sites for hydroxylation is 1. The second-order valence-electron chi connectivity index (χ2n) is 9.15. The monoisotopic (exact) mass is 613 g/mol. The third-order valence-corrected chi connectivity index (χ3v) is 7.44. The number of nitrogens with one attached hydrogen (secondary N) is 2. The number of halogens is 3. The van der Waals surface area contributed by atoms with Crippen molar-refractivity contribution in [2.24, 2.45) is 0 Å². The Bertz CT molecular complexity index is 1630. The standard InChI is InChI=1S/C28H22F2IN3O3/c1-15-20-7-8-32-24(20)11-23(30)26(15)37-19-5-6-22(29)21(10-19)27-33-13-25(34-27)28(12-18(35)14-36-28)16-3-2-4-17(31)9-16/h2-11,13,18,32,35H,12,14H2,1H3,(H,33,34). The van der Waals surface area contributed by atoms with Crippen LogP contribution in [0.15, 0.2) is 67.0 Å². The molecule has 6 rings (SSSR count). The molecule has 0 spiro atoms. The lowest BCUT2D eigenvalue weighted by atomic mass is 9.87. The van der Waals surface area contributed by atoms with Gasteiger partial charge in [0.2, 0.25) is 0 Å². The maximum absolute atomic E-state index is 15.0. The molecule has 2 aromatic heterocycles. The van der Waals surface area contributed by atoms with Crippen LogP contribution in [-0.2, 0) is 10.3 Å². The average Bonchev–Trinajstić information content (AvgIpc) is 3.63. The molecule has 6 nitrogen and oxygen atoms in total. The largest absolute Gasteiger partial charge is 0.454 e. The summed E-state index contributed by atoms with van der Waals surface area (Å²) in [5.74, 6) is -0.412. The SMILES string of the molecule is Cc1c(Oc2ccc(F)c(-c3ncc(C4(c5cccc(I)c5)CC(O)CO4)[nH]3)c2)c(F)cc2[nH]ccc12. The van der Waals surface area contributed by atoms with Crippen molar-refractivity contribution < 1.29 is 23.4 Å². The number of nitrogens with zero attached hydrogens (tertiary/aromatic N) is 1. The van der Waals surface area contributed by atoms with E-state index >= 15 is 0 Å². The van der Waals surface area contributed by atoms with Gasteiger partial charge >= 0.3 is 0 Å². The number of ether oxygens (including phenoxy) is 2. The Labute approximate surface area is 224 Å². The molecule has 1 saturated heterocycles. The molecule has 0 saturated carbocycles. The van der Waals surface area contributed by atoms with Crippen LogP contribution in [0.5, 0.6) is 11.5 Å². The summed E-state index contributed by atoms with van der Waals surface area (Å²) >= 11 is 2.23. The van der Waals surface area contributed by atoms with Gasteiger partial charge in [0, 0.05) is 38.7 Å². The number of hydrogen-bond acceptors (Lipinski definition) is 4. The van der Waals surface area contributed by atoms with Crippen molar-refractivity contribution in [1.82, 2.24) is 15.0 Å². The smallest absolute Gasteiger partial charge is 0.168 e. The van der Waals surface area contributed by atoms with Gasteiger partial charge in [0.05, 0.1) is 30.2 Å². The third-order valence-electron chi connectivity index (χ3n) is 6.77. The van der Waals surface area contributed by atoms with Gasteiger partial charge in [-0.1, -0.05) is 12.1 Å². The zero-order valence-corrected chi connectivity index (χ0v) is 21.8. The van der Waals surface area contributed by atoms with E-state index in [-0.39, 0.29) is 29.5 Å². The minimum atomic E-state index is -0.942. The molecule has 2 atom stereocenters. The first-order valence-electron chi connectivity index (χ1n) is 11.7. The molecule has 37 heavy (non-hydrogen) atoms. The van der Waals surface area contributed by atoms with Crippen molar-refractivity contribution >= 4 is 33.5 Å². The Balaban J connectivity index is 1.37. The minimum Gasteiger partial charge on any atom is -0.454 e. The van der Waals surface area contributed by atoms with Gasteiger partial charge in [-0.15, -0.1) is 0 Å². The third kappa shape index (κ3) is 4.20. The van der Waals surface area contributed by atoms with E-state index in [0.717, 1.165) is 14.5 Å². The van der Waals surface area contributed by atoms with Crippen LogP contribution in [-0.4, -0.2) is 32.8 Å². The highest BCUT2D eigenvalue weighted by Gasteiger charge is 2.44. The molecule has 0 bridgehead atoms. The lowest BCUT2D eigenvalue weighted by Gasteiger charge is -2.27.